The predicted octanol–water partition coefficient (Wildman–Crippen LogP) is 4.20. The van der Waals surface area contributed by atoms with E-state index in [1.165, 1.54) is 22.4 Å². The summed E-state index contributed by atoms with van der Waals surface area (Å²) in [5.41, 5.74) is 2.39. The molecule has 0 aliphatic rings. The fraction of sp³-hybridized carbons (Fsp3) is 0.150. The Hall–Kier alpha value is -3.06. The lowest BCUT2D eigenvalue weighted by Crippen LogP contribution is -2.26. The minimum Gasteiger partial charge on any atom is -0.337 e. The number of thiazole rings is 1. The van der Waals surface area contributed by atoms with Gasteiger partial charge in [0.25, 0.3) is 5.91 Å². The van der Waals surface area contributed by atoms with Crippen LogP contribution in [0.2, 0.25) is 0 Å². The third-order valence-electron chi connectivity index (χ3n) is 4.33. The molecule has 0 saturated heterocycles. The Bertz CT molecular complexity index is 1100. The molecule has 0 saturated carbocycles. The van der Waals surface area contributed by atoms with Crippen molar-refractivity contribution in [2.75, 3.05) is 7.05 Å². The van der Waals surface area contributed by atoms with E-state index in [-0.39, 0.29) is 18.3 Å². The highest BCUT2D eigenvalue weighted by Crippen LogP contribution is 2.24. The van der Waals surface area contributed by atoms with Gasteiger partial charge in [0, 0.05) is 25.4 Å². The third-order valence-corrected chi connectivity index (χ3v) is 5.36. The summed E-state index contributed by atoms with van der Waals surface area (Å²) in [6.45, 7) is 1.90. The second kappa shape index (κ2) is 6.92. The van der Waals surface area contributed by atoms with Gasteiger partial charge in [0.1, 0.15) is 5.82 Å². The van der Waals surface area contributed by atoms with Crippen molar-refractivity contribution < 1.29 is 9.18 Å². The van der Waals surface area contributed by atoms with Gasteiger partial charge >= 0.3 is 0 Å². The first kappa shape index (κ1) is 17.4. The van der Waals surface area contributed by atoms with E-state index in [1.54, 1.807) is 43.0 Å². The number of aromatic nitrogens is 3. The Balaban J connectivity index is 1.55. The van der Waals surface area contributed by atoms with Gasteiger partial charge in [0.15, 0.2) is 0 Å². The van der Waals surface area contributed by atoms with Crippen molar-refractivity contribution in [2.45, 2.75) is 13.5 Å². The number of para-hydroxylation sites is 1. The molecule has 27 heavy (non-hydrogen) atoms. The fourth-order valence-electron chi connectivity index (χ4n) is 2.87. The van der Waals surface area contributed by atoms with Gasteiger partial charge in [-0.05, 0) is 24.6 Å². The van der Waals surface area contributed by atoms with Crippen molar-refractivity contribution in [3.63, 3.8) is 0 Å². The number of nitrogens with zero attached hydrogens (tertiary/aromatic N) is 4. The van der Waals surface area contributed by atoms with E-state index in [9.17, 15) is 9.18 Å². The Morgan fingerprint density at radius 2 is 2.04 bits per heavy atom. The molecule has 2 aromatic carbocycles. The molecule has 0 unspecified atom stereocenters. The number of hydrogen-bond acceptors (Lipinski definition) is 4. The van der Waals surface area contributed by atoms with Crippen LogP contribution in [0.3, 0.4) is 0 Å². The average molecular weight is 380 g/mol. The molecule has 0 spiro atoms. The average Bonchev–Trinajstić information content (AvgIpc) is 3.31. The molecule has 4 rings (SSSR count). The number of carbonyl (C=O) groups excluding carboxylic acids is 1. The van der Waals surface area contributed by atoms with Gasteiger partial charge in [-0.15, -0.1) is 0 Å². The summed E-state index contributed by atoms with van der Waals surface area (Å²) in [5, 5.41) is 4.96. The first-order valence-corrected chi connectivity index (χ1v) is 9.24. The predicted molar refractivity (Wildman–Crippen MR) is 104 cm³/mol. The third kappa shape index (κ3) is 3.33. The maximum Gasteiger partial charge on any atom is 0.257 e. The van der Waals surface area contributed by atoms with Gasteiger partial charge in [-0.3, -0.25) is 4.79 Å². The summed E-state index contributed by atoms with van der Waals surface area (Å²) in [6.07, 6.45) is 3.17. The molecule has 136 valence electrons. The number of rotatable bonds is 4. The van der Waals surface area contributed by atoms with Crippen LogP contribution in [0, 0.1) is 12.7 Å². The highest BCUT2D eigenvalue weighted by molar-refractivity contribution is 7.20. The summed E-state index contributed by atoms with van der Waals surface area (Å²) in [4.78, 5) is 18.7. The van der Waals surface area contributed by atoms with Gasteiger partial charge in [0.05, 0.1) is 22.0 Å². The smallest absolute Gasteiger partial charge is 0.257 e. The Labute approximate surface area is 159 Å². The van der Waals surface area contributed by atoms with Crippen LogP contribution >= 0.6 is 11.3 Å². The van der Waals surface area contributed by atoms with Crippen molar-refractivity contribution in [3.05, 3.63) is 77.4 Å². The van der Waals surface area contributed by atoms with Gasteiger partial charge in [-0.1, -0.05) is 41.7 Å². The first-order chi connectivity index (χ1) is 13.0. The van der Waals surface area contributed by atoms with E-state index in [1.807, 2.05) is 24.3 Å². The number of amides is 1. The van der Waals surface area contributed by atoms with E-state index < -0.39 is 0 Å². The lowest BCUT2D eigenvalue weighted by Gasteiger charge is -2.17. The Kier molecular flexibility index (Phi) is 4.45. The molecule has 0 fully saturated rings. The molecule has 7 heteroatoms. The number of halogens is 1. The molecular weight excluding hydrogens is 363 g/mol. The number of benzene rings is 2. The van der Waals surface area contributed by atoms with Crippen LogP contribution in [0.5, 0.6) is 0 Å². The van der Waals surface area contributed by atoms with Gasteiger partial charge in [-0.2, -0.15) is 5.10 Å². The minimum absolute atomic E-state index is 0.193. The molecule has 0 radical (unpaired) electrons. The molecule has 4 aromatic rings. The molecule has 0 N–H and O–H groups in total. The number of hydrogen-bond donors (Lipinski definition) is 0. The summed E-state index contributed by atoms with van der Waals surface area (Å²) in [7, 11) is 1.65. The van der Waals surface area contributed by atoms with Crippen molar-refractivity contribution in [3.8, 4) is 5.13 Å². The van der Waals surface area contributed by atoms with Crippen molar-refractivity contribution in [1.82, 2.24) is 19.7 Å². The zero-order valence-electron chi connectivity index (χ0n) is 14.9. The van der Waals surface area contributed by atoms with Crippen LogP contribution in [0.4, 0.5) is 4.39 Å². The second-order valence-corrected chi connectivity index (χ2v) is 7.36. The highest BCUT2D eigenvalue weighted by Gasteiger charge is 2.17. The van der Waals surface area contributed by atoms with Crippen molar-refractivity contribution >= 4 is 27.5 Å². The maximum atomic E-state index is 14.2. The van der Waals surface area contributed by atoms with Crippen LogP contribution in [-0.2, 0) is 6.54 Å². The molecular formula is C20H17FN4OS. The minimum atomic E-state index is -0.276. The molecule has 1 amide bonds. The van der Waals surface area contributed by atoms with Crippen LogP contribution in [0.15, 0.2) is 54.9 Å². The van der Waals surface area contributed by atoms with Crippen LogP contribution in [0.1, 0.15) is 21.5 Å². The van der Waals surface area contributed by atoms with Crippen LogP contribution in [0.25, 0.3) is 15.3 Å². The molecule has 0 aliphatic heterocycles. The van der Waals surface area contributed by atoms with Crippen LogP contribution in [-0.4, -0.2) is 32.6 Å². The van der Waals surface area contributed by atoms with Gasteiger partial charge in [0.2, 0.25) is 5.13 Å². The van der Waals surface area contributed by atoms with E-state index in [4.69, 9.17) is 0 Å². The Morgan fingerprint density at radius 1 is 1.22 bits per heavy atom. The number of aryl methyl sites for hydroxylation is 1. The Morgan fingerprint density at radius 3 is 2.85 bits per heavy atom. The summed E-state index contributed by atoms with van der Waals surface area (Å²) in [5.74, 6) is -0.495. The maximum absolute atomic E-state index is 14.2. The first-order valence-electron chi connectivity index (χ1n) is 8.43. The molecule has 2 heterocycles. The quantitative estimate of drug-likeness (QED) is 0.533. The van der Waals surface area contributed by atoms with Gasteiger partial charge in [-0.25, -0.2) is 14.1 Å². The summed E-state index contributed by atoms with van der Waals surface area (Å²) >= 11 is 1.50. The zero-order valence-corrected chi connectivity index (χ0v) is 15.7. The molecule has 5 nitrogen and oxygen atoms in total. The lowest BCUT2D eigenvalue weighted by atomic mass is 10.1. The molecule has 0 bridgehead atoms. The monoisotopic (exact) mass is 380 g/mol. The molecule has 2 aromatic heterocycles. The van der Waals surface area contributed by atoms with Gasteiger partial charge < -0.3 is 4.90 Å². The second-order valence-electron chi connectivity index (χ2n) is 6.35. The molecule has 0 atom stereocenters. The highest BCUT2D eigenvalue weighted by atomic mass is 32.1. The fourth-order valence-corrected chi connectivity index (χ4v) is 3.77. The largest absolute Gasteiger partial charge is 0.337 e. The zero-order chi connectivity index (χ0) is 19.0. The molecule has 0 aliphatic carbocycles. The lowest BCUT2D eigenvalue weighted by molar-refractivity contribution is 0.0784. The van der Waals surface area contributed by atoms with Crippen molar-refractivity contribution in [2.24, 2.45) is 0 Å². The topological polar surface area (TPSA) is 51.0 Å². The van der Waals surface area contributed by atoms with E-state index >= 15 is 0 Å². The van der Waals surface area contributed by atoms with E-state index in [0.29, 0.717) is 21.8 Å². The van der Waals surface area contributed by atoms with Crippen molar-refractivity contribution in [1.29, 1.82) is 0 Å². The summed E-state index contributed by atoms with van der Waals surface area (Å²) < 4.78 is 16.8. The SMILES string of the molecule is Cc1cccc(CN(C)C(=O)c2cnn(-c3nc4ccccc4s3)c2)c1F. The number of carbonyl (C=O) groups is 1. The van der Waals surface area contributed by atoms with E-state index in [2.05, 4.69) is 10.1 Å². The van der Waals surface area contributed by atoms with Crippen LogP contribution < -0.4 is 0 Å². The standard InChI is InChI=1S/C20H17FN4OS/c1-13-6-5-7-14(18(13)21)11-24(2)19(26)15-10-22-25(12-15)20-23-16-8-3-4-9-17(16)27-20/h3-10,12H,11H2,1-2H3. The number of fused-ring (bicyclic) bond motifs is 1. The summed E-state index contributed by atoms with van der Waals surface area (Å²) in [6, 6.07) is 13.0. The normalized spacial score (nSPS) is 11.1. The van der Waals surface area contributed by atoms with E-state index in [0.717, 1.165) is 10.2 Å².